The van der Waals surface area contributed by atoms with Gasteiger partial charge in [-0.15, -0.1) is 0 Å². The first-order valence-electron chi connectivity index (χ1n) is 9.13. The maximum atomic E-state index is 13.1. The number of pyridine rings is 1. The number of benzene rings is 2. The third kappa shape index (κ3) is 4.17. The number of nitrogens with zero attached hydrogens (tertiary/aromatic N) is 2. The lowest BCUT2D eigenvalue weighted by atomic mass is 10.1. The zero-order chi connectivity index (χ0) is 19.4. The van der Waals surface area contributed by atoms with Crippen LogP contribution in [0.4, 0.5) is 5.69 Å². The fraction of sp³-hybridized carbons (Fsp3) is 0.217. The molecule has 0 aliphatic heterocycles. The molecule has 0 unspecified atom stereocenters. The molecule has 0 N–H and O–H groups in total. The van der Waals surface area contributed by atoms with Crippen molar-refractivity contribution in [1.82, 2.24) is 4.57 Å². The van der Waals surface area contributed by atoms with E-state index in [1.165, 1.54) is 0 Å². The standard InChI is InChI=1S/C23H24N2O2/c1-4-25(20-11-6-9-18(3)15-20)23(27)21-12-7-13-24(22(21)26)16-19-10-5-8-17(2)14-19/h5-15H,4,16H2,1-3H3. The Balaban J connectivity index is 1.94. The van der Waals surface area contributed by atoms with Crippen LogP contribution in [0.2, 0.25) is 0 Å². The fourth-order valence-electron chi connectivity index (χ4n) is 3.22. The number of rotatable bonds is 5. The molecule has 0 bridgehead atoms. The molecule has 4 heteroatoms. The highest BCUT2D eigenvalue weighted by Gasteiger charge is 2.20. The molecular formula is C23H24N2O2. The summed E-state index contributed by atoms with van der Waals surface area (Å²) in [5.41, 5.74) is 3.97. The van der Waals surface area contributed by atoms with E-state index in [4.69, 9.17) is 0 Å². The van der Waals surface area contributed by atoms with Crippen LogP contribution in [-0.2, 0) is 6.54 Å². The minimum Gasteiger partial charge on any atom is -0.310 e. The van der Waals surface area contributed by atoms with Gasteiger partial charge in [-0.25, -0.2) is 0 Å². The summed E-state index contributed by atoms with van der Waals surface area (Å²) < 4.78 is 1.59. The van der Waals surface area contributed by atoms with Crippen LogP contribution >= 0.6 is 0 Å². The van der Waals surface area contributed by atoms with E-state index in [2.05, 4.69) is 0 Å². The van der Waals surface area contributed by atoms with Gasteiger partial charge in [0.15, 0.2) is 0 Å². The smallest absolute Gasteiger partial charge is 0.263 e. The van der Waals surface area contributed by atoms with Crippen LogP contribution in [0.15, 0.2) is 71.7 Å². The largest absolute Gasteiger partial charge is 0.310 e. The van der Waals surface area contributed by atoms with E-state index in [0.29, 0.717) is 13.1 Å². The van der Waals surface area contributed by atoms with Crippen molar-refractivity contribution in [3.05, 3.63) is 99.5 Å². The molecule has 0 radical (unpaired) electrons. The number of carbonyl (C=O) groups excluding carboxylic acids is 1. The summed E-state index contributed by atoms with van der Waals surface area (Å²) in [6, 6.07) is 19.1. The van der Waals surface area contributed by atoms with Crippen molar-refractivity contribution in [2.75, 3.05) is 11.4 Å². The van der Waals surface area contributed by atoms with E-state index in [0.717, 1.165) is 22.4 Å². The minimum absolute atomic E-state index is 0.188. The van der Waals surface area contributed by atoms with E-state index >= 15 is 0 Å². The van der Waals surface area contributed by atoms with Crippen molar-refractivity contribution in [3.8, 4) is 0 Å². The van der Waals surface area contributed by atoms with Crippen molar-refractivity contribution >= 4 is 11.6 Å². The van der Waals surface area contributed by atoms with Gasteiger partial charge in [-0.1, -0.05) is 42.0 Å². The van der Waals surface area contributed by atoms with Crippen LogP contribution in [0.25, 0.3) is 0 Å². The normalized spacial score (nSPS) is 10.6. The quantitative estimate of drug-likeness (QED) is 0.685. The van der Waals surface area contributed by atoms with Gasteiger partial charge < -0.3 is 9.47 Å². The lowest BCUT2D eigenvalue weighted by molar-refractivity contribution is 0.0986. The Labute approximate surface area is 159 Å². The first-order chi connectivity index (χ1) is 13.0. The maximum Gasteiger partial charge on any atom is 0.263 e. The van der Waals surface area contributed by atoms with Crippen molar-refractivity contribution in [1.29, 1.82) is 0 Å². The predicted octanol–water partition coefficient (Wildman–Crippen LogP) is 4.18. The molecule has 3 rings (SSSR count). The summed E-state index contributed by atoms with van der Waals surface area (Å²) in [5, 5.41) is 0. The number of carbonyl (C=O) groups is 1. The Morgan fingerprint density at radius 2 is 1.67 bits per heavy atom. The lowest BCUT2D eigenvalue weighted by Crippen LogP contribution is -2.36. The van der Waals surface area contributed by atoms with Gasteiger partial charge in [0, 0.05) is 18.4 Å². The predicted molar refractivity (Wildman–Crippen MR) is 110 cm³/mol. The number of hydrogen-bond acceptors (Lipinski definition) is 2. The average molecular weight is 360 g/mol. The molecule has 2 aromatic carbocycles. The second-order valence-electron chi connectivity index (χ2n) is 6.73. The first-order valence-corrected chi connectivity index (χ1v) is 9.13. The molecule has 27 heavy (non-hydrogen) atoms. The van der Waals surface area contributed by atoms with E-state index < -0.39 is 0 Å². The van der Waals surface area contributed by atoms with Gasteiger partial charge in [-0.2, -0.15) is 0 Å². The highest BCUT2D eigenvalue weighted by molar-refractivity contribution is 6.05. The van der Waals surface area contributed by atoms with E-state index in [9.17, 15) is 9.59 Å². The Morgan fingerprint density at radius 1 is 0.963 bits per heavy atom. The summed E-state index contributed by atoms with van der Waals surface area (Å²) >= 11 is 0. The SMILES string of the molecule is CCN(C(=O)c1cccn(Cc2cccc(C)c2)c1=O)c1cccc(C)c1. The van der Waals surface area contributed by atoms with Gasteiger partial charge in [0.25, 0.3) is 11.5 Å². The zero-order valence-corrected chi connectivity index (χ0v) is 16.0. The van der Waals surface area contributed by atoms with Crippen LogP contribution in [0.5, 0.6) is 0 Å². The molecule has 0 aliphatic rings. The van der Waals surface area contributed by atoms with Crippen LogP contribution in [0.1, 0.15) is 34.0 Å². The van der Waals surface area contributed by atoms with Gasteiger partial charge in [0.05, 0.1) is 6.54 Å². The van der Waals surface area contributed by atoms with Gasteiger partial charge in [0.2, 0.25) is 0 Å². The van der Waals surface area contributed by atoms with Gasteiger partial charge in [-0.3, -0.25) is 9.59 Å². The van der Waals surface area contributed by atoms with E-state index in [-0.39, 0.29) is 17.0 Å². The molecule has 0 fully saturated rings. The Hall–Kier alpha value is -3.14. The molecular weight excluding hydrogens is 336 g/mol. The Morgan fingerprint density at radius 3 is 2.33 bits per heavy atom. The fourth-order valence-corrected chi connectivity index (χ4v) is 3.22. The van der Waals surface area contributed by atoms with Crippen molar-refractivity contribution in [2.45, 2.75) is 27.3 Å². The van der Waals surface area contributed by atoms with E-state index in [1.54, 1.807) is 27.8 Å². The summed E-state index contributed by atoms with van der Waals surface area (Å²) in [4.78, 5) is 27.7. The summed E-state index contributed by atoms with van der Waals surface area (Å²) in [5.74, 6) is -0.272. The van der Waals surface area contributed by atoms with E-state index in [1.807, 2.05) is 69.3 Å². The second-order valence-corrected chi connectivity index (χ2v) is 6.73. The topological polar surface area (TPSA) is 42.3 Å². The maximum absolute atomic E-state index is 13.1. The number of anilines is 1. The molecule has 0 saturated heterocycles. The molecule has 1 aromatic heterocycles. The monoisotopic (exact) mass is 360 g/mol. The molecule has 0 atom stereocenters. The minimum atomic E-state index is -0.272. The zero-order valence-electron chi connectivity index (χ0n) is 16.0. The first kappa shape index (κ1) is 18.6. The molecule has 1 amide bonds. The number of aromatic nitrogens is 1. The molecule has 0 aliphatic carbocycles. The third-order valence-corrected chi connectivity index (χ3v) is 4.56. The molecule has 0 saturated carbocycles. The molecule has 138 valence electrons. The second kappa shape index (κ2) is 8.04. The van der Waals surface area contributed by atoms with Gasteiger partial charge in [0.1, 0.15) is 5.56 Å². The molecule has 3 aromatic rings. The highest BCUT2D eigenvalue weighted by Crippen LogP contribution is 2.17. The van der Waals surface area contributed by atoms with Gasteiger partial charge >= 0.3 is 0 Å². The van der Waals surface area contributed by atoms with Crippen LogP contribution in [-0.4, -0.2) is 17.0 Å². The Kier molecular flexibility index (Phi) is 5.55. The number of amides is 1. The third-order valence-electron chi connectivity index (χ3n) is 4.56. The lowest BCUT2D eigenvalue weighted by Gasteiger charge is -2.21. The number of hydrogen-bond donors (Lipinski definition) is 0. The van der Waals surface area contributed by atoms with Crippen LogP contribution < -0.4 is 10.5 Å². The summed E-state index contributed by atoms with van der Waals surface area (Å²) in [6.45, 7) is 6.85. The number of aryl methyl sites for hydroxylation is 2. The summed E-state index contributed by atoms with van der Waals surface area (Å²) in [7, 11) is 0. The van der Waals surface area contributed by atoms with Crippen molar-refractivity contribution in [2.24, 2.45) is 0 Å². The molecule has 4 nitrogen and oxygen atoms in total. The Bertz CT molecular complexity index is 1020. The summed E-state index contributed by atoms with van der Waals surface area (Å²) in [6.07, 6.45) is 1.73. The highest BCUT2D eigenvalue weighted by atomic mass is 16.2. The van der Waals surface area contributed by atoms with Crippen LogP contribution in [0, 0.1) is 13.8 Å². The average Bonchev–Trinajstić information content (AvgIpc) is 2.64. The van der Waals surface area contributed by atoms with Crippen LogP contribution in [0.3, 0.4) is 0 Å². The van der Waals surface area contributed by atoms with Crippen molar-refractivity contribution < 1.29 is 4.79 Å². The molecule has 0 spiro atoms. The van der Waals surface area contributed by atoms with Gasteiger partial charge in [-0.05, 0) is 56.2 Å². The molecule has 1 heterocycles. The van der Waals surface area contributed by atoms with Crippen molar-refractivity contribution in [3.63, 3.8) is 0 Å².